The van der Waals surface area contributed by atoms with E-state index in [1.54, 1.807) is 30.1 Å². The molecule has 2 rings (SSSR count). The highest BCUT2D eigenvalue weighted by Gasteiger charge is 2.16. The van der Waals surface area contributed by atoms with E-state index >= 15 is 0 Å². The average Bonchev–Trinajstić information content (AvgIpc) is 2.50. The average molecular weight is 369 g/mol. The Bertz CT molecular complexity index is 619. The van der Waals surface area contributed by atoms with E-state index in [1.165, 1.54) is 0 Å². The van der Waals surface area contributed by atoms with Crippen molar-refractivity contribution in [1.29, 1.82) is 0 Å². The molecule has 0 N–H and O–H groups in total. The van der Waals surface area contributed by atoms with Crippen molar-refractivity contribution >= 4 is 33.4 Å². The standard InChI is InChI=1S/C16H15BrClNO2/c1-19(10-11-21-12-6-3-2-4-7-12)16(20)13-8-5-9-14(17)15(13)18/h2-9H,10-11H2,1H3. The van der Waals surface area contributed by atoms with Crippen LogP contribution >= 0.6 is 27.5 Å². The second kappa shape index (κ2) is 7.48. The van der Waals surface area contributed by atoms with Crippen LogP contribution in [-0.4, -0.2) is 31.0 Å². The van der Waals surface area contributed by atoms with Gasteiger partial charge >= 0.3 is 0 Å². The molecule has 0 unspecified atom stereocenters. The molecule has 0 atom stereocenters. The third-order valence-electron chi connectivity index (χ3n) is 2.97. The van der Waals surface area contributed by atoms with Crippen LogP contribution in [0.1, 0.15) is 10.4 Å². The van der Waals surface area contributed by atoms with Crippen molar-refractivity contribution in [1.82, 2.24) is 4.90 Å². The number of halogens is 2. The molecule has 0 saturated heterocycles. The van der Waals surface area contributed by atoms with Gasteiger partial charge in [-0.15, -0.1) is 0 Å². The van der Waals surface area contributed by atoms with Gasteiger partial charge in [0.2, 0.25) is 0 Å². The summed E-state index contributed by atoms with van der Waals surface area (Å²) in [6.45, 7) is 0.911. The number of hydrogen-bond donors (Lipinski definition) is 0. The summed E-state index contributed by atoms with van der Waals surface area (Å²) in [5.74, 6) is 0.664. The van der Waals surface area contributed by atoms with Crippen LogP contribution in [0.2, 0.25) is 5.02 Å². The van der Waals surface area contributed by atoms with E-state index in [0.29, 0.717) is 28.2 Å². The van der Waals surface area contributed by atoms with Crippen molar-refractivity contribution in [3.63, 3.8) is 0 Å². The largest absolute Gasteiger partial charge is 0.492 e. The Hall–Kier alpha value is -1.52. The lowest BCUT2D eigenvalue weighted by atomic mass is 10.2. The number of amides is 1. The van der Waals surface area contributed by atoms with Crippen LogP contribution in [0.3, 0.4) is 0 Å². The van der Waals surface area contributed by atoms with Crippen molar-refractivity contribution in [3.8, 4) is 5.75 Å². The number of nitrogens with zero attached hydrogens (tertiary/aromatic N) is 1. The Kier molecular flexibility index (Phi) is 5.65. The van der Waals surface area contributed by atoms with Crippen LogP contribution in [0, 0.1) is 0 Å². The molecule has 0 bridgehead atoms. The molecule has 3 nitrogen and oxygen atoms in total. The number of benzene rings is 2. The molecule has 1 amide bonds. The fourth-order valence-electron chi connectivity index (χ4n) is 1.79. The molecule has 2 aromatic rings. The second-order valence-corrected chi connectivity index (χ2v) is 5.72. The Labute approximate surface area is 137 Å². The minimum atomic E-state index is -0.127. The minimum Gasteiger partial charge on any atom is -0.492 e. The van der Waals surface area contributed by atoms with Gasteiger partial charge in [0.1, 0.15) is 12.4 Å². The summed E-state index contributed by atoms with van der Waals surface area (Å²) in [5.41, 5.74) is 0.480. The fourth-order valence-corrected chi connectivity index (χ4v) is 2.37. The summed E-state index contributed by atoms with van der Waals surface area (Å²) in [7, 11) is 1.73. The number of carbonyl (C=O) groups excluding carboxylic acids is 1. The maximum atomic E-state index is 12.3. The van der Waals surface area contributed by atoms with Crippen LogP contribution < -0.4 is 4.74 Å². The third-order valence-corrected chi connectivity index (χ3v) is 4.26. The zero-order valence-corrected chi connectivity index (χ0v) is 13.9. The summed E-state index contributed by atoms with van der Waals surface area (Å²) in [4.78, 5) is 13.9. The molecule has 0 spiro atoms. The zero-order chi connectivity index (χ0) is 15.2. The summed E-state index contributed by atoms with van der Waals surface area (Å²) < 4.78 is 6.29. The molecule has 0 aliphatic heterocycles. The molecule has 0 saturated carbocycles. The van der Waals surface area contributed by atoms with Gasteiger partial charge in [-0.05, 0) is 40.2 Å². The molecule has 0 radical (unpaired) electrons. The van der Waals surface area contributed by atoms with E-state index in [2.05, 4.69) is 15.9 Å². The van der Waals surface area contributed by atoms with E-state index in [4.69, 9.17) is 16.3 Å². The van der Waals surface area contributed by atoms with E-state index in [-0.39, 0.29) is 5.91 Å². The number of carbonyl (C=O) groups is 1. The van der Waals surface area contributed by atoms with Gasteiger partial charge in [-0.2, -0.15) is 0 Å². The predicted octanol–water partition coefficient (Wildman–Crippen LogP) is 4.25. The van der Waals surface area contributed by atoms with Crippen LogP contribution in [-0.2, 0) is 0 Å². The summed E-state index contributed by atoms with van der Waals surface area (Å²) in [6, 6.07) is 14.8. The van der Waals surface area contributed by atoms with Gasteiger partial charge < -0.3 is 9.64 Å². The molecule has 5 heteroatoms. The lowest BCUT2D eigenvalue weighted by molar-refractivity contribution is 0.0774. The van der Waals surface area contributed by atoms with E-state index in [1.807, 2.05) is 30.3 Å². The zero-order valence-electron chi connectivity index (χ0n) is 11.6. The smallest absolute Gasteiger partial charge is 0.255 e. The van der Waals surface area contributed by atoms with Gasteiger partial charge in [0, 0.05) is 11.5 Å². The van der Waals surface area contributed by atoms with Gasteiger partial charge in [0.15, 0.2) is 0 Å². The second-order valence-electron chi connectivity index (χ2n) is 4.49. The Morgan fingerprint density at radius 2 is 1.90 bits per heavy atom. The van der Waals surface area contributed by atoms with E-state index in [9.17, 15) is 4.79 Å². The molecule has 21 heavy (non-hydrogen) atoms. The maximum absolute atomic E-state index is 12.3. The molecule has 110 valence electrons. The number of para-hydroxylation sites is 1. The summed E-state index contributed by atoms with van der Waals surface area (Å²) in [6.07, 6.45) is 0. The first-order valence-electron chi connectivity index (χ1n) is 6.47. The molecule has 0 heterocycles. The van der Waals surface area contributed by atoms with Crippen molar-refractivity contribution in [2.75, 3.05) is 20.2 Å². The van der Waals surface area contributed by atoms with Crippen molar-refractivity contribution in [3.05, 3.63) is 63.6 Å². The lowest BCUT2D eigenvalue weighted by Crippen LogP contribution is -2.31. The molecule has 0 aromatic heterocycles. The Morgan fingerprint density at radius 1 is 1.19 bits per heavy atom. The first kappa shape index (κ1) is 15.9. The van der Waals surface area contributed by atoms with Crippen molar-refractivity contribution in [2.45, 2.75) is 0 Å². The quantitative estimate of drug-likeness (QED) is 0.789. The van der Waals surface area contributed by atoms with E-state index < -0.39 is 0 Å². The van der Waals surface area contributed by atoms with Gasteiger partial charge in [0.05, 0.1) is 17.1 Å². The monoisotopic (exact) mass is 367 g/mol. The van der Waals surface area contributed by atoms with E-state index in [0.717, 1.165) is 5.75 Å². The molecular weight excluding hydrogens is 354 g/mol. The van der Waals surface area contributed by atoms with Crippen LogP contribution in [0.25, 0.3) is 0 Å². The third kappa shape index (κ3) is 4.22. The first-order valence-corrected chi connectivity index (χ1v) is 7.64. The fraction of sp³-hybridized carbons (Fsp3) is 0.188. The summed E-state index contributed by atoms with van der Waals surface area (Å²) in [5, 5.41) is 0.429. The van der Waals surface area contributed by atoms with Gasteiger partial charge in [-0.1, -0.05) is 35.9 Å². The molecular formula is C16H15BrClNO2. The molecule has 2 aromatic carbocycles. The molecule has 0 aliphatic rings. The predicted molar refractivity (Wildman–Crippen MR) is 88.0 cm³/mol. The van der Waals surface area contributed by atoms with Gasteiger partial charge in [-0.25, -0.2) is 0 Å². The SMILES string of the molecule is CN(CCOc1ccccc1)C(=O)c1cccc(Br)c1Cl. The molecule has 0 fully saturated rings. The van der Waals surface area contributed by atoms with Crippen molar-refractivity contribution < 1.29 is 9.53 Å². The summed E-state index contributed by atoms with van der Waals surface area (Å²) >= 11 is 9.46. The number of rotatable bonds is 5. The number of hydrogen-bond acceptors (Lipinski definition) is 2. The Balaban J connectivity index is 1.92. The highest BCUT2D eigenvalue weighted by atomic mass is 79.9. The highest BCUT2D eigenvalue weighted by molar-refractivity contribution is 9.10. The Morgan fingerprint density at radius 3 is 2.62 bits per heavy atom. The lowest BCUT2D eigenvalue weighted by Gasteiger charge is -2.18. The maximum Gasteiger partial charge on any atom is 0.255 e. The topological polar surface area (TPSA) is 29.5 Å². The molecule has 0 aliphatic carbocycles. The minimum absolute atomic E-state index is 0.127. The van der Waals surface area contributed by atoms with Crippen LogP contribution in [0.15, 0.2) is 53.0 Å². The first-order chi connectivity index (χ1) is 10.1. The number of likely N-dealkylation sites (N-methyl/N-ethyl adjacent to an activating group) is 1. The van der Waals surface area contributed by atoms with Gasteiger partial charge in [-0.3, -0.25) is 4.79 Å². The normalized spacial score (nSPS) is 10.2. The van der Waals surface area contributed by atoms with Crippen LogP contribution in [0.5, 0.6) is 5.75 Å². The van der Waals surface area contributed by atoms with Gasteiger partial charge in [0.25, 0.3) is 5.91 Å². The van der Waals surface area contributed by atoms with Crippen molar-refractivity contribution in [2.24, 2.45) is 0 Å². The number of ether oxygens (including phenoxy) is 1. The van der Waals surface area contributed by atoms with Crippen LogP contribution in [0.4, 0.5) is 0 Å². The highest BCUT2D eigenvalue weighted by Crippen LogP contribution is 2.26.